The van der Waals surface area contributed by atoms with Gasteiger partial charge in [0.25, 0.3) is 5.56 Å². The Balaban J connectivity index is 1.33. The summed E-state index contributed by atoms with van der Waals surface area (Å²) in [7, 11) is 0. The van der Waals surface area contributed by atoms with Crippen molar-refractivity contribution in [1.82, 2.24) is 19.4 Å². The number of nitrogens with zero attached hydrogens (tertiary/aromatic N) is 4. The third-order valence-electron chi connectivity index (χ3n) is 6.96. The number of aromatic nitrogens is 3. The van der Waals surface area contributed by atoms with Gasteiger partial charge < -0.3 is 0 Å². The fraction of sp³-hybridized carbons (Fsp3) is 0.194. The van der Waals surface area contributed by atoms with Gasteiger partial charge in [0, 0.05) is 37.1 Å². The second-order valence-electron chi connectivity index (χ2n) is 9.42. The van der Waals surface area contributed by atoms with Gasteiger partial charge in [-0.15, -0.1) is 11.3 Å². The molecule has 0 radical (unpaired) electrons. The van der Waals surface area contributed by atoms with Gasteiger partial charge in [0.2, 0.25) is 0 Å². The summed E-state index contributed by atoms with van der Waals surface area (Å²) in [5.41, 5.74) is 4.97. The zero-order valence-electron chi connectivity index (χ0n) is 20.7. The monoisotopic (exact) mass is 504 g/mol. The van der Waals surface area contributed by atoms with Gasteiger partial charge in [0.15, 0.2) is 0 Å². The smallest absolute Gasteiger partial charge is 0.259 e. The highest BCUT2D eigenvalue weighted by molar-refractivity contribution is 7.15. The Labute approximate surface area is 220 Å². The molecule has 0 amide bonds. The minimum absolute atomic E-state index is 0.0604. The standard InChI is InChI=1S/C31H28N4OS/c1-22-33-27-17-19-34(20-25-15-16-29(37-25)28-14-8-9-18-32-28)21-26(27)31(36)35(22)30(23-10-4-2-5-11-23)24-12-6-3-7-13-24/h2-16,18,30H,17,19-21H2,1H3. The predicted octanol–water partition coefficient (Wildman–Crippen LogP) is 5.87. The Hall–Kier alpha value is -3.87. The van der Waals surface area contributed by atoms with Crippen LogP contribution in [-0.4, -0.2) is 26.0 Å². The van der Waals surface area contributed by atoms with Crippen molar-refractivity contribution in [1.29, 1.82) is 0 Å². The number of fused-ring (bicyclic) bond motifs is 1. The maximum Gasteiger partial charge on any atom is 0.259 e. The molecule has 0 aliphatic carbocycles. The van der Waals surface area contributed by atoms with E-state index in [1.54, 1.807) is 11.3 Å². The number of hydrogen-bond acceptors (Lipinski definition) is 5. The van der Waals surface area contributed by atoms with Crippen LogP contribution in [-0.2, 0) is 19.5 Å². The van der Waals surface area contributed by atoms with Gasteiger partial charge >= 0.3 is 0 Å². The molecule has 1 aliphatic rings. The highest BCUT2D eigenvalue weighted by Crippen LogP contribution is 2.30. The van der Waals surface area contributed by atoms with Crippen LogP contribution in [0.1, 0.15) is 39.1 Å². The molecule has 5 aromatic rings. The molecule has 6 rings (SSSR count). The Morgan fingerprint density at radius 1 is 0.892 bits per heavy atom. The van der Waals surface area contributed by atoms with E-state index < -0.39 is 0 Å². The van der Waals surface area contributed by atoms with E-state index in [4.69, 9.17) is 4.98 Å². The second kappa shape index (κ2) is 10.2. The van der Waals surface area contributed by atoms with Crippen molar-refractivity contribution in [2.75, 3.05) is 6.54 Å². The fourth-order valence-corrected chi connectivity index (χ4v) is 6.22. The SMILES string of the molecule is Cc1nc2c(c(=O)n1C(c1ccccc1)c1ccccc1)CN(Cc1ccc(-c3ccccn3)s1)CC2. The van der Waals surface area contributed by atoms with Crippen molar-refractivity contribution in [3.05, 3.63) is 141 Å². The number of aryl methyl sites for hydroxylation is 1. The van der Waals surface area contributed by atoms with Crippen LogP contribution in [0.4, 0.5) is 0 Å². The summed E-state index contributed by atoms with van der Waals surface area (Å²) in [6, 6.07) is 30.6. The largest absolute Gasteiger partial charge is 0.293 e. The van der Waals surface area contributed by atoms with Crippen molar-refractivity contribution in [2.24, 2.45) is 0 Å². The normalized spacial score (nSPS) is 13.6. The molecule has 0 fully saturated rings. The van der Waals surface area contributed by atoms with Crippen LogP contribution in [0.3, 0.4) is 0 Å². The van der Waals surface area contributed by atoms with E-state index in [0.717, 1.165) is 53.4 Å². The van der Waals surface area contributed by atoms with E-state index >= 15 is 0 Å². The highest BCUT2D eigenvalue weighted by Gasteiger charge is 2.27. The van der Waals surface area contributed by atoms with E-state index in [1.807, 2.05) is 72.3 Å². The first-order chi connectivity index (χ1) is 18.2. The molecule has 37 heavy (non-hydrogen) atoms. The minimum atomic E-state index is -0.221. The quantitative estimate of drug-likeness (QED) is 0.290. The van der Waals surface area contributed by atoms with Crippen LogP contribution in [0.15, 0.2) is 102 Å². The Morgan fingerprint density at radius 2 is 1.59 bits per heavy atom. The summed E-state index contributed by atoms with van der Waals surface area (Å²) in [5.74, 6) is 0.758. The average molecular weight is 505 g/mol. The second-order valence-corrected chi connectivity index (χ2v) is 10.6. The number of pyridine rings is 1. The molecule has 0 unspecified atom stereocenters. The fourth-order valence-electron chi connectivity index (χ4n) is 5.19. The van der Waals surface area contributed by atoms with Crippen molar-refractivity contribution in [2.45, 2.75) is 32.5 Å². The lowest BCUT2D eigenvalue weighted by atomic mass is 9.97. The summed E-state index contributed by atoms with van der Waals surface area (Å²) >= 11 is 1.77. The molecule has 0 N–H and O–H groups in total. The number of hydrogen-bond donors (Lipinski definition) is 0. The van der Waals surface area contributed by atoms with E-state index in [1.165, 1.54) is 9.75 Å². The first-order valence-corrected chi connectivity index (χ1v) is 13.4. The molecule has 184 valence electrons. The maximum absolute atomic E-state index is 14.1. The Morgan fingerprint density at radius 3 is 2.27 bits per heavy atom. The first-order valence-electron chi connectivity index (χ1n) is 12.6. The van der Waals surface area contributed by atoms with Crippen molar-refractivity contribution < 1.29 is 0 Å². The third-order valence-corrected chi connectivity index (χ3v) is 8.06. The van der Waals surface area contributed by atoms with E-state index in [9.17, 15) is 4.79 Å². The van der Waals surface area contributed by atoms with Crippen LogP contribution in [0.2, 0.25) is 0 Å². The van der Waals surface area contributed by atoms with Crippen molar-refractivity contribution >= 4 is 11.3 Å². The van der Waals surface area contributed by atoms with E-state index in [0.29, 0.717) is 6.54 Å². The van der Waals surface area contributed by atoms with E-state index in [-0.39, 0.29) is 11.6 Å². The zero-order valence-corrected chi connectivity index (χ0v) is 21.6. The number of benzene rings is 2. The van der Waals surface area contributed by atoms with Gasteiger partial charge in [0.1, 0.15) is 5.82 Å². The number of thiophene rings is 1. The van der Waals surface area contributed by atoms with Gasteiger partial charge in [-0.2, -0.15) is 0 Å². The predicted molar refractivity (Wildman–Crippen MR) is 149 cm³/mol. The summed E-state index contributed by atoms with van der Waals surface area (Å²) in [6.07, 6.45) is 2.61. The summed E-state index contributed by atoms with van der Waals surface area (Å²) in [5, 5.41) is 0. The lowest BCUT2D eigenvalue weighted by Crippen LogP contribution is -2.40. The Bertz CT molecular complexity index is 1520. The molecule has 0 bridgehead atoms. The highest BCUT2D eigenvalue weighted by atomic mass is 32.1. The molecule has 6 heteroatoms. The molecule has 1 aliphatic heterocycles. The molecular formula is C31H28N4OS. The average Bonchev–Trinajstić information content (AvgIpc) is 3.41. The topological polar surface area (TPSA) is 51.0 Å². The van der Waals surface area contributed by atoms with Gasteiger partial charge in [-0.25, -0.2) is 4.98 Å². The third kappa shape index (κ3) is 4.78. The molecule has 3 aromatic heterocycles. The van der Waals surface area contributed by atoms with Crippen LogP contribution in [0, 0.1) is 6.92 Å². The first kappa shape index (κ1) is 23.5. The summed E-state index contributed by atoms with van der Waals surface area (Å²) in [4.78, 5) is 28.3. The maximum atomic E-state index is 14.1. The molecule has 0 saturated heterocycles. The van der Waals surface area contributed by atoms with Crippen LogP contribution < -0.4 is 5.56 Å². The zero-order chi connectivity index (χ0) is 25.2. The van der Waals surface area contributed by atoms with Crippen LogP contribution in [0.5, 0.6) is 0 Å². The molecule has 2 aromatic carbocycles. The summed E-state index contributed by atoms with van der Waals surface area (Å²) < 4.78 is 1.89. The van der Waals surface area contributed by atoms with Gasteiger partial charge in [-0.3, -0.25) is 19.2 Å². The molecule has 0 saturated carbocycles. The lowest BCUT2D eigenvalue weighted by Gasteiger charge is -2.30. The Kier molecular flexibility index (Phi) is 6.51. The molecule has 0 atom stereocenters. The molecule has 5 nitrogen and oxygen atoms in total. The molecular weight excluding hydrogens is 476 g/mol. The lowest BCUT2D eigenvalue weighted by molar-refractivity contribution is 0.242. The van der Waals surface area contributed by atoms with Gasteiger partial charge in [-0.05, 0) is 42.3 Å². The van der Waals surface area contributed by atoms with Gasteiger partial charge in [-0.1, -0.05) is 66.7 Å². The van der Waals surface area contributed by atoms with Gasteiger partial charge in [0.05, 0.1) is 27.9 Å². The minimum Gasteiger partial charge on any atom is -0.293 e. The van der Waals surface area contributed by atoms with E-state index in [2.05, 4.69) is 46.3 Å². The summed E-state index contributed by atoms with van der Waals surface area (Å²) in [6.45, 7) is 4.26. The molecule has 4 heterocycles. The van der Waals surface area contributed by atoms with Crippen molar-refractivity contribution in [3.8, 4) is 10.6 Å². The van der Waals surface area contributed by atoms with Crippen LogP contribution in [0.25, 0.3) is 10.6 Å². The number of rotatable bonds is 6. The molecule has 0 spiro atoms. The van der Waals surface area contributed by atoms with Crippen LogP contribution >= 0.6 is 11.3 Å². The van der Waals surface area contributed by atoms with Crippen molar-refractivity contribution in [3.63, 3.8) is 0 Å².